The summed E-state index contributed by atoms with van der Waals surface area (Å²) in [5.41, 5.74) is 0. The van der Waals surface area contributed by atoms with E-state index in [2.05, 4.69) is 11.8 Å². The first-order valence-electron chi connectivity index (χ1n) is 7.35. The zero-order valence-corrected chi connectivity index (χ0v) is 11.1. The number of piperidine rings is 1. The van der Waals surface area contributed by atoms with Crippen LogP contribution < -0.4 is 0 Å². The highest BCUT2D eigenvalue weighted by molar-refractivity contribution is 4.86. The molecule has 0 spiro atoms. The monoisotopic (exact) mass is 241 g/mol. The Morgan fingerprint density at radius 2 is 2.00 bits per heavy atom. The number of likely N-dealkylation sites (tertiary alicyclic amines) is 1. The first-order chi connectivity index (χ1) is 8.31. The van der Waals surface area contributed by atoms with E-state index >= 15 is 0 Å². The minimum Gasteiger partial charge on any atom is -0.391 e. The predicted octanol–water partition coefficient (Wildman–Crippen LogP) is 2.18. The van der Waals surface area contributed by atoms with E-state index in [4.69, 9.17) is 4.74 Å². The lowest BCUT2D eigenvalue weighted by molar-refractivity contribution is -0.0462. The number of ether oxygens (including phenoxy) is 1. The van der Waals surface area contributed by atoms with Crippen LogP contribution in [0.25, 0.3) is 0 Å². The summed E-state index contributed by atoms with van der Waals surface area (Å²) in [5, 5.41) is 10.1. The summed E-state index contributed by atoms with van der Waals surface area (Å²) >= 11 is 0. The van der Waals surface area contributed by atoms with Gasteiger partial charge in [0.1, 0.15) is 0 Å². The number of aliphatic hydroxyl groups is 1. The van der Waals surface area contributed by atoms with Gasteiger partial charge in [0.25, 0.3) is 0 Å². The van der Waals surface area contributed by atoms with E-state index in [0.717, 1.165) is 32.5 Å². The average Bonchev–Trinajstić information content (AvgIpc) is 2.37. The normalized spacial score (nSPS) is 36.0. The molecule has 2 aliphatic rings. The Kier molecular flexibility index (Phi) is 5.26. The average molecular weight is 241 g/mol. The van der Waals surface area contributed by atoms with Crippen LogP contribution >= 0.6 is 0 Å². The maximum atomic E-state index is 10.1. The van der Waals surface area contributed by atoms with Crippen LogP contribution in [0.1, 0.15) is 51.9 Å². The Morgan fingerprint density at radius 3 is 2.76 bits per heavy atom. The molecule has 1 aliphatic carbocycles. The molecule has 0 aromatic carbocycles. The molecule has 0 aromatic rings. The van der Waals surface area contributed by atoms with E-state index in [1.54, 1.807) is 0 Å². The lowest BCUT2D eigenvalue weighted by Crippen LogP contribution is -2.51. The summed E-state index contributed by atoms with van der Waals surface area (Å²) in [6.45, 7) is 5.21. The van der Waals surface area contributed by atoms with E-state index in [1.165, 1.54) is 32.1 Å². The van der Waals surface area contributed by atoms with E-state index < -0.39 is 0 Å². The van der Waals surface area contributed by atoms with Gasteiger partial charge in [-0.3, -0.25) is 4.90 Å². The third-order valence-electron chi connectivity index (χ3n) is 4.13. The third-order valence-corrected chi connectivity index (χ3v) is 4.13. The van der Waals surface area contributed by atoms with Gasteiger partial charge in [-0.15, -0.1) is 0 Å². The standard InChI is InChI=1S/C14H27NO2/c1-2-10-17-12-6-5-9-15(11-12)13-7-3-4-8-14(13)16/h12-14,16H,2-11H2,1H3/t12?,13-,14-/m1/s1. The molecule has 0 bridgehead atoms. The lowest BCUT2D eigenvalue weighted by atomic mass is 9.90. The van der Waals surface area contributed by atoms with Crippen molar-refractivity contribution in [2.75, 3.05) is 19.7 Å². The van der Waals surface area contributed by atoms with E-state index in [-0.39, 0.29) is 6.10 Å². The van der Waals surface area contributed by atoms with Crippen molar-refractivity contribution in [1.29, 1.82) is 0 Å². The number of nitrogens with zero attached hydrogens (tertiary/aromatic N) is 1. The topological polar surface area (TPSA) is 32.7 Å². The quantitative estimate of drug-likeness (QED) is 0.819. The summed E-state index contributed by atoms with van der Waals surface area (Å²) in [6, 6.07) is 0.400. The molecule has 1 unspecified atom stereocenters. The number of rotatable bonds is 4. The minimum atomic E-state index is -0.103. The maximum absolute atomic E-state index is 10.1. The molecule has 100 valence electrons. The molecule has 1 heterocycles. The molecule has 3 atom stereocenters. The van der Waals surface area contributed by atoms with E-state index in [0.29, 0.717) is 12.1 Å². The van der Waals surface area contributed by atoms with Crippen LogP contribution in [-0.4, -0.2) is 48.0 Å². The molecule has 0 aromatic heterocycles. The molecule has 17 heavy (non-hydrogen) atoms. The summed E-state index contributed by atoms with van der Waals surface area (Å²) in [7, 11) is 0. The van der Waals surface area contributed by atoms with E-state index in [1.807, 2.05) is 0 Å². The van der Waals surface area contributed by atoms with Crippen molar-refractivity contribution in [2.24, 2.45) is 0 Å². The zero-order valence-electron chi connectivity index (χ0n) is 11.1. The van der Waals surface area contributed by atoms with Crippen molar-refractivity contribution in [3.8, 4) is 0 Å². The van der Waals surface area contributed by atoms with Crippen LogP contribution in [0, 0.1) is 0 Å². The van der Waals surface area contributed by atoms with Gasteiger partial charge < -0.3 is 9.84 Å². The molecule has 2 rings (SSSR count). The van der Waals surface area contributed by atoms with Crippen molar-refractivity contribution >= 4 is 0 Å². The van der Waals surface area contributed by atoms with Gasteiger partial charge in [0.15, 0.2) is 0 Å². The first kappa shape index (κ1) is 13.3. The Hall–Kier alpha value is -0.120. The van der Waals surface area contributed by atoms with Gasteiger partial charge in [0.2, 0.25) is 0 Å². The van der Waals surface area contributed by atoms with Crippen molar-refractivity contribution in [2.45, 2.75) is 70.1 Å². The highest BCUT2D eigenvalue weighted by atomic mass is 16.5. The molecule has 1 saturated carbocycles. The van der Waals surface area contributed by atoms with Crippen molar-refractivity contribution in [3.05, 3.63) is 0 Å². The highest BCUT2D eigenvalue weighted by Gasteiger charge is 2.32. The van der Waals surface area contributed by atoms with Crippen LogP contribution in [-0.2, 0) is 4.74 Å². The Balaban J connectivity index is 1.83. The molecule has 3 heteroatoms. The Labute approximate surface area is 105 Å². The van der Waals surface area contributed by atoms with Crippen LogP contribution in [0.15, 0.2) is 0 Å². The SMILES string of the molecule is CCCOC1CCCN([C@@H]2CCCC[C@H]2O)C1. The largest absolute Gasteiger partial charge is 0.391 e. The molecule has 0 radical (unpaired) electrons. The van der Waals surface area contributed by atoms with Gasteiger partial charge in [-0.1, -0.05) is 19.8 Å². The summed E-state index contributed by atoms with van der Waals surface area (Å²) in [5.74, 6) is 0. The minimum absolute atomic E-state index is 0.103. The van der Waals surface area contributed by atoms with Crippen LogP contribution in [0.2, 0.25) is 0 Å². The lowest BCUT2D eigenvalue weighted by Gasteiger charge is -2.42. The van der Waals surface area contributed by atoms with Gasteiger partial charge in [0, 0.05) is 19.2 Å². The second-order valence-corrected chi connectivity index (χ2v) is 5.55. The molecular weight excluding hydrogens is 214 g/mol. The molecular formula is C14H27NO2. The zero-order chi connectivity index (χ0) is 12.1. The van der Waals surface area contributed by atoms with Crippen molar-refractivity contribution in [1.82, 2.24) is 4.90 Å². The fraction of sp³-hybridized carbons (Fsp3) is 1.00. The first-order valence-corrected chi connectivity index (χ1v) is 7.35. The Morgan fingerprint density at radius 1 is 1.18 bits per heavy atom. The van der Waals surface area contributed by atoms with Crippen LogP contribution in [0.5, 0.6) is 0 Å². The molecule has 2 fully saturated rings. The third kappa shape index (κ3) is 3.67. The summed E-state index contributed by atoms with van der Waals surface area (Å²) < 4.78 is 5.87. The van der Waals surface area contributed by atoms with Gasteiger partial charge in [-0.2, -0.15) is 0 Å². The van der Waals surface area contributed by atoms with Crippen LogP contribution in [0.3, 0.4) is 0 Å². The highest BCUT2D eigenvalue weighted by Crippen LogP contribution is 2.26. The summed E-state index contributed by atoms with van der Waals surface area (Å²) in [6.07, 6.45) is 8.44. The number of hydrogen-bond donors (Lipinski definition) is 1. The van der Waals surface area contributed by atoms with Gasteiger partial charge in [-0.05, 0) is 38.6 Å². The second kappa shape index (κ2) is 6.72. The van der Waals surface area contributed by atoms with Gasteiger partial charge in [-0.25, -0.2) is 0 Å². The predicted molar refractivity (Wildman–Crippen MR) is 69.1 cm³/mol. The molecule has 1 aliphatic heterocycles. The molecule has 1 N–H and O–H groups in total. The summed E-state index contributed by atoms with van der Waals surface area (Å²) in [4.78, 5) is 2.48. The smallest absolute Gasteiger partial charge is 0.0702 e. The fourth-order valence-corrected chi connectivity index (χ4v) is 3.21. The molecule has 0 amide bonds. The fourth-order valence-electron chi connectivity index (χ4n) is 3.21. The number of hydrogen-bond acceptors (Lipinski definition) is 3. The Bertz CT molecular complexity index is 222. The second-order valence-electron chi connectivity index (χ2n) is 5.55. The van der Waals surface area contributed by atoms with Crippen molar-refractivity contribution < 1.29 is 9.84 Å². The molecule has 3 nitrogen and oxygen atoms in total. The van der Waals surface area contributed by atoms with E-state index in [9.17, 15) is 5.11 Å². The van der Waals surface area contributed by atoms with Gasteiger partial charge in [0.05, 0.1) is 12.2 Å². The molecule has 1 saturated heterocycles. The van der Waals surface area contributed by atoms with Gasteiger partial charge >= 0.3 is 0 Å². The maximum Gasteiger partial charge on any atom is 0.0702 e. The van der Waals surface area contributed by atoms with Crippen LogP contribution in [0.4, 0.5) is 0 Å². The van der Waals surface area contributed by atoms with Crippen molar-refractivity contribution in [3.63, 3.8) is 0 Å². The number of aliphatic hydroxyl groups excluding tert-OH is 1.